The first kappa shape index (κ1) is 13.8. The molecule has 4 N–H and O–H groups in total. The maximum Gasteiger partial charge on any atom is 0.322 e. The van der Waals surface area contributed by atoms with Gasteiger partial charge >= 0.3 is 6.03 Å². The van der Waals surface area contributed by atoms with E-state index in [4.69, 9.17) is 5.73 Å². The first-order chi connectivity index (χ1) is 8.72. The molecule has 106 valence electrons. The minimum Gasteiger partial charge on any atom is -0.340 e. The van der Waals surface area contributed by atoms with Gasteiger partial charge in [0.2, 0.25) is 5.91 Å². The van der Waals surface area contributed by atoms with Gasteiger partial charge in [-0.1, -0.05) is 0 Å². The Kier molecular flexibility index (Phi) is 3.25. The Morgan fingerprint density at radius 2 is 2.16 bits per heavy atom. The molecular formula is C12H20N4O3. The van der Waals surface area contributed by atoms with Crippen molar-refractivity contribution in [2.75, 3.05) is 13.1 Å². The Labute approximate surface area is 111 Å². The molecule has 2 rings (SSSR count). The van der Waals surface area contributed by atoms with Crippen LogP contribution in [0.4, 0.5) is 4.79 Å². The molecule has 2 aliphatic rings. The Morgan fingerprint density at radius 3 is 2.68 bits per heavy atom. The van der Waals surface area contributed by atoms with Gasteiger partial charge in [-0.2, -0.15) is 0 Å². The monoisotopic (exact) mass is 268 g/mol. The molecular weight excluding hydrogens is 248 g/mol. The fourth-order valence-corrected chi connectivity index (χ4v) is 2.59. The Morgan fingerprint density at radius 1 is 1.47 bits per heavy atom. The zero-order valence-electron chi connectivity index (χ0n) is 11.3. The van der Waals surface area contributed by atoms with Crippen molar-refractivity contribution in [3.63, 3.8) is 0 Å². The lowest BCUT2D eigenvalue weighted by Crippen LogP contribution is -2.60. The van der Waals surface area contributed by atoms with Gasteiger partial charge in [-0.3, -0.25) is 14.9 Å². The molecule has 0 aromatic rings. The van der Waals surface area contributed by atoms with Gasteiger partial charge in [-0.25, -0.2) is 4.79 Å². The standard InChI is InChI=1S/C12H20N4O3/c1-11(2,13)6-8(17)16-5-3-4-12(7-16)9(18)14-10(19)15-12/h3-7,13H2,1-2H3,(H2,14,15,18,19). The summed E-state index contributed by atoms with van der Waals surface area (Å²) >= 11 is 0. The lowest BCUT2D eigenvalue weighted by atomic mass is 9.88. The number of urea groups is 1. The highest BCUT2D eigenvalue weighted by molar-refractivity contribution is 6.07. The molecule has 4 amide bonds. The van der Waals surface area contributed by atoms with E-state index in [-0.39, 0.29) is 24.8 Å². The fraction of sp³-hybridized carbons (Fsp3) is 0.750. The molecule has 7 nitrogen and oxygen atoms in total. The van der Waals surface area contributed by atoms with Crippen molar-refractivity contribution in [1.29, 1.82) is 0 Å². The summed E-state index contributed by atoms with van der Waals surface area (Å²) in [4.78, 5) is 36.9. The second kappa shape index (κ2) is 4.48. The molecule has 19 heavy (non-hydrogen) atoms. The molecule has 1 spiro atoms. The predicted octanol–water partition coefficient (Wildman–Crippen LogP) is -0.686. The van der Waals surface area contributed by atoms with E-state index < -0.39 is 17.1 Å². The molecule has 0 aromatic heterocycles. The second-order valence-corrected chi connectivity index (χ2v) is 6.07. The van der Waals surface area contributed by atoms with Gasteiger partial charge in [-0.05, 0) is 26.7 Å². The van der Waals surface area contributed by atoms with Crippen LogP contribution in [-0.4, -0.2) is 46.9 Å². The van der Waals surface area contributed by atoms with Crippen LogP contribution >= 0.6 is 0 Å². The lowest BCUT2D eigenvalue weighted by molar-refractivity contribution is -0.137. The Bertz CT molecular complexity index is 429. The number of nitrogens with two attached hydrogens (primary N) is 1. The lowest BCUT2D eigenvalue weighted by Gasteiger charge is -2.38. The molecule has 2 aliphatic heterocycles. The summed E-state index contributed by atoms with van der Waals surface area (Å²) in [6, 6.07) is -0.488. The zero-order valence-corrected chi connectivity index (χ0v) is 11.3. The maximum absolute atomic E-state index is 12.1. The van der Waals surface area contributed by atoms with Gasteiger partial charge in [0.05, 0.1) is 6.54 Å². The number of nitrogens with one attached hydrogen (secondary N) is 2. The number of amides is 4. The molecule has 2 heterocycles. The number of hydrogen-bond donors (Lipinski definition) is 3. The quantitative estimate of drug-likeness (QED) is 0.577. The molecule has 1 unspecified atom stereocenters. The van der Waals surface area contributed by atoms with Gasteiger partial charge in [0, 0.05) is 18.5 Å². The molecule has 0 bridgehead atoms. The van der Waals surface area contributed by atoms with Gasteiger partial charge in [0.25, 0.3) is 5.91 Å². The van der Waals surface area contributed by atoms with Gasteiger partial charge in [0.15, 0.2) is 0 Å². The number of likely N-dealkylation sites (tertiary alicyclic amines) is 1. The first-order valence-electron chi connectivity index (χ1n) is 6.42. The van der Waals surface area contributed by atoms with Gasteiger partial charge in [-0.15, -0.1) is 0 Å². The van der Waals surface area contributed by atoms with Crippen molar-refractivity contribution >= 4 is 17.8 Å². The summed E-state index contributed by atoms with van der Waals surface area (Å²) in [5.74, 6) is -0.428. The zero-order chi connectivity index (χ0) is 14.3. The fourth-order valence-electron chi connectivity index (χ4n) is 2.59. The van der Waals surface area contributed by atoms with Crippen LogP contribution in [0.1, 0.15) is 33.1 Å². The highest BCUT2D eigenvalue weighted by Gasteiger charge is 2.49. The van der Waals surface area contributed by atoms with Crippen molar-refractivity contribution in [2.24, 2.45) is 5.73 Å². The summed E-state index contributed by atoms with van der Waals surface area (Å²) < 4.78 is 0. The van der Waals surface area contributed by atoms with Crippen molar-refractivity contribution < 1.29 is 14.4 Å². The third-order valence-corrected chi connectivity index (χ3v) is 3.47. The number of piperidine rings is 1. The SMILES string of the molecule is CC(C)(N)CC(=O)N1CCCC2(C1)NC(=O)NC2=O. The van der Waals surface area contributed by atoms with Crippen LogP contribution in [0, 0.1) is 0 Å². The summed E-state index contributed by atoms with van der Waals surface area (Å²) in [7, 11) is 0. The number of nitrogens with zero attached hydrogens (tertiary/aromatic N) is 1. The van der Waals surface area contributed by atoms with Crippen molar-refractivity contribution in [3.05, 3.63) is 0 Å². The molecule has 2 fully saturated rings. The summed E-state index contributed by atoms with van der Waals surface area (Å²) in [5.41, 5.74) is 4.31. The molecule has 0 saturated carbocycles. The number of rotatable bonds is 2. The number of imide groups is 1. The van der Waals surface area contributed by atoms with Crippen LogP contribution in [0.5, 0.6) is 0 Å². The van der Waals surface area contributed by atoms with E-state index in [0.717, 1.165) is 0 Å². The van der Waals surface area contributed by atoms with Crippen LogP contribution < -0.4 is 16.4 Å². The number of carbonyl (C=O) groups is 3. The Balaban J connectivity index is 2.07. The highest BCUT2D eigenvalue weighted by Crippen LogP contribution is 2.25. The van der Waals surface area contributed by atoms with Gasteiger partial charge in [0.1, 0.15) is 5.54 Å². The van der Waals surface area contributed by atoms with Gasteiger partial charge < -0.3 is 16.0 Å². The van der Waals surface area contributed by atoms with Crippen molar-refractivity contribution in [3.8, 4) is 0 Å². The largest absolute Gasteiger partial charge is 0.340 e. The van der Waals surface area contributed by atoms with E-state index in [0.29, 0.717) is 19.4 Å². The molecule has 7 heteroatoms. The van der Waals surface area contributed by atoms with E-state index in [1.807, 2.05) is 0 Å². The molecule has 0 radical (unpaired) electrons. The number of hydrogen-bond acceptors (Lipinski definition) is 4. The van der Waals surface area contributed by atoms with E-state index in [2.05, 4.69) is 10.6 Å². The molecule has 1 atom stereocenters. The minimum absolute atomic E-state index is 0.0828. The maximum atomic E-state index is 12.1. The van der Waals surface area contributed by atoms with E-state index in [1.165, 1.54) is 0 Å². The average molecular weight is 268 g/mol. The molecule has 2 saturated heterocycles. The second-order valence-electron chi connectivity index (χ2n) is 6.07. The van der Waals surface area contributed by atoms with Crippen LogP contribution in [0.2, 0.25) is 0 Å². The molecule has 0 aliphatic carbocycles. The topological polar surface area (TPSA) is 105 Å². The summed E-state index contributed by atoms with van der Waals surface area (Å²) in [5, 5.41) is 4.88. The Hall–Kier alpha value is -1.63. The van der Waals surface area contributed by atoms with E-state index in [9.17, 15) is 14.4 Å². The smallest absolute Gasteiger partial charge is 0.322 e. The summed E-state index contributed by atoms with van der Waals surface area (Å²) in [6.07, 6.45) is 1.46. The van der Waals surface area contributed by atoms with Crippen LogP contribution in [0.3, 0.4) is 0 Å². The van der Waals surface area contributed by atoms with E-state index >= 15 is 0 Å². The van der Waals surface area contributed by atoms with Crippen LogP contribution in [-0.2, 0) is 9.59 Å². The minimum atomic E-state index is -0.955. The predicted molar refractivity (Wildman–Crippen MR) is 68.1 cm³/mol. The van der Waals surface area contributed by atoms with Crippen LogP contribution in [0.15, 0.2) is 0 Å². The van der Waals surface area contributed by atoms with Crippen molar-refractivity contribution in [2.45, 2.75) is 44.2 Å². The summed E-state index contributed by atoms with van der Waals surface area (Å²) in [6.45, 7) is 4.39. The average Bonchev–Trinajstić information content (AvgIpc) is 2.51. The molecule has 0 aromatic carbocycles. The van der Waals surface area contributed by atoms with Crippen molar-refractivity contribution in [1.82, 2.24) is 15.5 Å². The highest BCUT2D eigenvalue weighted by atomic mass is 16.2. The first-order valence-corrected chi connectivity index (χ1v) is 6.42. The third kappa shape index (κ3) is 2.86. The normalized spacial score (nSPS) is 27.4. The number of carbonyl (C=O) groups excluding carboxylic acids is 3. The van der Waals surface area contributed by atoms with E-state index in [1.54, 1.807) is 18.7 Å². The van der Waals surface area contributed by atoms with Crippen LogP contribution in [0.25, 0.3) is 0 Å². The third-order valence-electron chi connectivity index (χ3n) is 3.47.